The second-order valence-electron chi connectivity index (χ2n) is 7.75. The molecule has 1 aliphatic rings. The van der Waals surface area contributed by atoms with E-state index >= 15 is 0 Å². The molecular formula is C25H23Cl2NO4. The summed E-state index contributed by atoms with van der Waals surface area (Å²) in [4.78, 5) is 13.9. The van der Waals surface area contributed by atoms with Gasteiger partial charge in [-0.1, -0.05) is 71.7 Å². The number of rotatable bonds is 7. The summed E-state index contributed by atoms with van der Waals surface area (Å²) in [5, 5.41) is 11.2. The molecule has 1 N–H and O–H groups in total. The number of carbonyl (C=O) groups excluding carboxylic acids is 1. The molecule has 0 saturated heterocycles. The number of nitrogens with zero attached hydrogens (tertiary/aromatic N) is 1. The highest BCUT2D eigenvalue weighted by atomic mass is 35.5. The zero-order chi connectivity index (χ0) is 22.7. The third-order valence-electron chi connectivity index (χ3n) is 5.41. The van der Waals surface area contributed by atoms with Gasteiger partial charge in [-0.05, 0) is 40.5 Å². The van der Waals surface area contributed by atoms with E-state index in [1.165, 1.54) is 16.0 Å². The molecule has 0 aromatic heterocycles. The van der Waals surface area contributed by atoms with E-state index in [1.54, 1.807) is 25.2 Å². The summed E-state index contributed by atoms with van der Waals surface area (Å²) in [6.45, 7) is 0.271. The first-order valence-electron chi connectivity index (χ1n) is 10.3. The van der Waals surface area contributed by atoms with Gasteiger partial charge in [0, 0.05) is 23.0 Å². The first-order valence-corrected chi connectivity index (χ1v) is 11.0. The van der Waals surface area contributed by atoms with Gasteiger partial charge in [-0.2, -0.15) is 0 Å². The first kappa shape index (κ1) is 22.5. The highest BCUT2D eigenvalue weighted by Gasteiger charge is 2.29. The van der Waals surface area contributed by atoms with E-state index in [1.807, 2.05) is 24.3 Å². The van der Waals surface area contributed by atoms with Gasteiger partial charge in [0.1, 0.15) is 25.1 Å². The number of ether oxygens (including phenoxy) is 2. The van der Waals surface area contributed by atoms with Crippen LogP contribution in [0.25, 0.3) is 11.1 Å². The first-order chi connectivity index (χ1) is 15.4. The lowest BCUT2D eigenvalue weighted by Crippen LogP contribution is -2.37. The van der Waals surface area contributed by atoms with Crippen molar-refractivity contribution in [2.24, 2.45) is 0 Å². The standard InChI is InChI=1S/C25H23Cl2NO4/c1-28(13-18(29)14-31-19-11-16(26)10-17(27)12-19)25(30)32-15-24-22-8-4-2-6-20(22)21-7-3-5-9-23(21)24/h2-12,18,24,29H,13-15H2,1H3. The molecule has 3 aromatic rings. The minimum absolute atomic E-state index is 0.0133. The second-order valence-corrected chi connectivity index (χ2v) is 8.63. The van der Waals surface area contributed by atoms with Gasteiger partial charge in [-0.15, -0.1) is 0 Å². The highest BCUT2D eigenvalue weighted by molar-refractivity contribution is 6.34. The molecule has 166 valence electrons. The molecule has 1 unspecified atom stereocenters. The monoisotopic (exact) mass is 471 g/mol. The average Bonchev–Trinajstić information content (AvgIpc) is 3.09. The Morgan fingerprint density at radius 3 is 2.16 bits per heavy atom. The molecule has 0 radical (unpaired) electrons. The smallest absolute Gasteiger partial charge is 0.409 e. The summed E-state index contributed by atoms with van der Waals surface area (Å²) in [5.74, 6) is 0.436. The topological polar surface area (TPSA) is 59.0 Å². The summed E-state index contributed by atoms with van der Waals surface area (Å²) in [6.07, 6.45) is -1.41. The zero-order valence-electron chi connectivity index (χ0n) is 17.5. The molecule has 1 atom stereocenters. The molecule has 1 aliphatic carbocycles. The van der Waals surface area contributed by atoms with E-state index < -0.39 is 12.2 Å². The number of carbonyl (C=O) groups is 1. The van der Waals surface area contributed by atoms with Crippen molar-refractivity contribution < 1.29 is 19.4 Å². The van der Waals surface area contributed by atoms with Crippen LogP contribution in [0.1, 0.15) is 17.0 Å². The summed E-state index contributed by atoms with van der Waals surface area (Å²) in [7, 11) is 1.58. The molecule has 0 spiro atoms. The van der Waals surface area contributed by atoms with Crippen molar-refractivity contribution in [2.75, 3.05) is 26.8 Å². The molecular weight excluding hydrogens is 449 g/mol. The maximum Gasteiger partial charge on any atom is 0.409 e. The van der Waals surface area contributed by atoms with Crippen LogP contribution in [0.15, 0.2) is 66.7 Å². The third kappa shape index (κ3) is 5.01. The molecule has 32 heavy (non-hydrogen) atoms. The largest absolute Gasteiger partial charge is 0.491 e. The molecule has 4 rings (SSSR count). The minimum Gasteiger partial charge on any atom is -0.491 e. The lowest BCUT2D eigenvalue weighted by atomic mass is 9.98. The van der Waals surface area contributed by atoms with Crippen LogP contribution in [0.5, 0.6) is 5.75 Å². The Morgan fingerprint density at radius 2 is 1.56 bits per heavy atom. The Morgan fingerprint density at radius 1 is 1.00 bits per heavy atom. The lowest BCUT2D eigenvalue weighted by Gasteiger charge is -2.22. The lowest BCUT2D eigenvalue weighted by molar-refractivity contribution is 0.0599. The molecule has 7 heteroatoms. The van der Waals surface area contributed by atoms with Gasteiger partial charge >= 0.3 is 6.09 Å². The number of aliphatic hydroxyl groups is 1. The van der Waals surface area contributed by atoms with Gasteiger partial charge < -0.3 is 19.5 Å². The number of benzene rings is 3. The highest BCUT2D eigenvalue weighted by Crippen LogP contribution is 2.44. The number of likely N-dealkylation sites (N-methyl/N-ethyl adjacent to an activating group) is 1. The van der Waals surface area contributed by atoms with E-state index in [9.17, 15) is 9.90 Å². The Hall–Kier alpha value is -2.73. The normalized spacial score (nSPS) is 13.2. The fraction of sp³-hybridized carbons (Fsp3) is 0.240. The van der Waals surface area contributed by atoms with Gasteiger partial charge in [0.05, 0.1) is 6.54 Å². The van der Waals surface area contributed by atoms with Gasteiger partial charge in [-0.25, -0.2) is 4.79 Å². The van der Waals surface area contributed by atoms with Gasteiger partial charge in [0.25, 0.3) is 0 Å². The number of fused-ring (bicyclic) bond motifs is 3. The fourth-order valence-corrected chi connectivity index (χ4v) is 4.46. The Balaban J connectivity index is 1.31. The summed E-state index contributed by atoms with van der Waals surface area (Å²) >= 11 is 11.9. The molecule has 5 nitrogen and oxygen atoms in total. The van der Waals surface area contributed by atoms with Crippen molar-refractivity contribution in [3.63, 3.8) is 0 Å². The van der Waals surface area contributed by atoms with E-state index in [4.69, 9.17) is 32.7 Å². The second kappa shape index (κ2) is 9.82. The average molecular weight is 472 g/mol. The predicted octanol–water partition coefficient (Wildman–Crippen LogP) is 5.61. The van der Waals surface area contributed by atoms with Crippen LogP contribution >= 0.6 is 23.2 Å². The van der Waals surface area contributed by atoms with E-state index in [2.05, 4.69) is 24.3 Å². The van der Waals surface area contributed by atoms with Crippen molar-refractivity contribution >= 4 is 29.3 Å². The van der Waals surface area contributed by atoms with Crippen LogP contribution in [0.4, 0.5) is 4.79 Å². The molecule has 0 bridgehead atoms. The fourth-order valence-electron chi connectivity index (χ4n) is 3.95. The predicted molar refractivity (Wildman–Crippen MR) is 126 cm³/mol. The summed E-state index contributed by atoms with van der Waals surface area (Å²) in [5.41, 5.74) is 4.65. The number of hydrogen-bond acceptors (Lipinski definition) is 4. The van der Waals surface area contributed by atoms with Crippen LogP contribution in [0.3, 0.4) is 0 Å². The van der Waals surface area contributed by atoms with Crippen LogP contribution in [-0.2, 0) is 4.74 Å². The molecule has 3 aromatic carbocycles. The van der Waals surface area contributed by atoms with Crippen molar-refractivity contribution in [3.8, 4) is 16.9 Å². The number of halogens is 2. The van der Waals surface area contributed by atoms with Gasteiger partial charge in [0.2, 0.25) is 0 Å². The van der Waals surface area contributed by atoms with Crippen LogP contribution in [0, 0.1) is 0 Å². The SMILES string of the molecule is CN(CC(O)COc1cc(Cl)cc(Cl)c1)C(=O)OCC1c2ccccc2-c2ccccc21. The third-order valence-corrected chi connectivity index (χ3v) is 5.85. The number of amides is 1. The van der Waals surface area contributed by atoms with Crippen LogP contribution in [0.2, 0.25) is 10.0 Å². The van der Waals surface area contributed by atoms with E-state index in [0.29, 0.717) is 15.8 Å². The van der Waals surface area contributed by atoms with Crippen molar-refractivity contribution in [1.82, 2.24) is 4.90 Å². The van der Waals surface area contributed by atoms with Crippen LogP contribution in [-0.4, -0.2) is 49.0 Å². The molecule has 1 amide bonds. The van der Waals surface area contributed by atoms with E-state index in [0.717, 1.165) is 11.1 Å². The van der Waals surface area contributed by atoms with Gasteiger partial charge in [-0.3, -0.25) is 0 Å². The maximum atomic E-state index is 12.5. The van der Waals surface area contributed by atoms with Crippen molar-refractivity contribution in [1.29, 1.82) is 0 Å². The zero-order valence-corrected chi connectivity index (χ0v) is 19.0. The summed E-state index contributed by atoms with van der Waals surface area (Å²) in [6, 6.07) is 21.1. The number of hydrogen-bond donors (Lipinski definition) is 1. The number of aliphatic hydroxyl groups excluding tert-OH is 1. The molecule has 0 saturated carbocycles. The van der Waals surface area contributed by atoms with Gasteiger partial charge in [0.15, 0.2) is 0 Å². The molecule has 0 aliphatic heterocycles. The maximum absolute atomic E-state index is 12.5. The Bertz CT molecular complexity index is 1050. The summed E-state index contributed by atoms with van der Waals surface area (Å²) < 4.78 is 11.1. The minimum atomic E-state index is -0.904. The Kier molecular flexibility index (Phi) is 6.89. The van der Waals surface area contributed by atoms with Crippen molar-refractivity contribution in [3.05, 3.63) is 87.9 Å². The quantitative estimate of drug-likeness (QED) is 0.486. The van der Waals surface area contributed by atoms with Crippen molar-refractivity contribution in [2.45, 2.75) is 12.0 Å². The van der Waals surface area contributed by atoms with E-state index in [-0.39, 0.29) is 25.7 Å². The Labute approximate surface area is 197 Å². The molecule has 0 heterocycles. The van der Waals surface area contributed by atoms with Crippen LogP contribution < -0.4 is 4.74 Å². The molecule has 0 fully saturated rings.